The molecule has 2 aromatic rings. The van der Waals surface area contributed by atoms with E-state index in [0.29, 0.717) is 0 Å². The van der Waals surface area contributed by atoms with Crippen molar-refractivity contribution in [2.24, 2.45) is 0 Å². The number of H-pyrrole nitrogens is 1. The number of carbonyl (C=O) groups excluding carboxylic acids is 1. The second kappa shape index (κ2) is 7.83. The topological polar surface area (TPSA) is 61.9 Å². The Labute approximate surface area is 129 Å². The van der Waals surface area contributed by atoms with Gasteiger partial charge >= 0.3 is 0 Å². The van der Waals surface area contributed by atoms with Crippen LogP contribution >= 0.6 is 11.8 Å². The number of aromatic nitrogens is 3. The van der Waals surface area contributed by atoms with Crippen LogP contribution in [0.3, 0.4) is 0 Å². The summed E-state index contributed by atoms with van der Waals surface area (Å²) in [4.78, 5) is 18.0. The summed E-state index contributed by atoms with van der Waals surface area (Å²) >= 11 is 1.59. The van der Waals surface area contributed by atoms with Gasteiger partial charge in [-0.15, -0.1) is 0 Å². The molecule has 0 atom stereocenters. The third-order valence-corrected chi connectivity index (χ3v) is 4.11. The minimum Gasteiger partial charge on any atom is -0.342 e. The molecule has 0 fully saturated rings. The molecule has 0 radical (unpaired) electrons. The van der Waals surface area contributed by atoms with Gasteiger partial charge in [-0.2, -0.15) is 5.10 Å². The number of amides is 1. The van der Waals surface area contributed by atoms with E-state index in [1.807, 2.05) is 31.3 Å². The van der Waals surface area contributed by atoms with E-state index in [-0.39, 0.29) is 5.91 Å². The first kappa shape index (κ1) is 15.6. The summed E-state index contributed by atoms with van der Waals surface area (Å²) in [7, 11) is 1.85. The molecule has 0 saturated carbocycles. The fourth-order valence-electron chi connectivity index (χ4n) is 1.88. The average Bonchev–Trinajstić information content (AvgIpc) is 3.04. The zero-order valence-electron chi connectivity index (χ0n) is 12.4. The molecule has 1 amide bonds. The number of unbranched alkanes of at least 4 members (excludes halogenated alkanes) is 1. The molecule has 1 aromatic carbocycles. The fraction of sp³-hybridized carbons (Fsp3) is 0.400. The highest BCUT2D eigenvalue weighted by atomic mass is 32.2. The van der Waals surface area contributed by atoms with Crippen molar-refractivity contribution < 1.29 is 4.79 Å². The first-order chi connectivity index (χ1) is 10.2. The number of rotatable bonds is 7. The van der Waals surface area contributed by atoms with Crippen LogP contribution in [0.2, 0.25) is 0 Å². The minimum atomic E-state index is 0.0814. The number of aromatic amines is 1. The number of nitrogens with one attached hydrogen (secondary N) is 1. The Balaban J connectivity index is 1.90. The Hall–Kier alpha value is -1.82. The maximum Gasteiger partial charge on any atom is 0.253 e. The predicted molar refractivity (Wildman–Crippen MR) is 84.3 cm³/mol. The molecule has 0 aliphatic rings. The summed E-state index contributed by atoms with van der Waals surface area (Å²) in [6.45, 7) is 2.93. The first-order valence-corrected chi connectivity index (χ1v) is 8.02. The van der Waals surface area contributed by atoms with Crippen LogP contribution in [0.15, 0.2) is 35.7 Å². The number of hydrogen-bond donors (Lipinski definition) is 1. The van der Waals surface area contributed by atoms with Crippen LogP contribution < -0.4 is 0 Å². The summed E-state index contributed by atoms with van der Waals surface area (Å²) < 4.78 is 0. The van der Waals surface area contributed by atoms with Gasteiger partial charge in [-0.1, -0.05) is 37.2 Å². The van der Waals surface area contributed by atoms with Crippen molar-refractivity contribution in [1.82, 2.24) is 20.1 Å². The molecular weight excluding hydrogens is 284 g/mol. The largest absolute Gasteiger partial charge is 0.342 e. The molecule has 0 spiro atoms. The molecule has 1 heterocycles. The number of hydrogen-bond acceptors (Lipinski definition) is 4. The van der Waals surface area contributed by atoms with Crippen molar-refractivity contribution in [3.63, 3.8) is 0 Å². The minimum absolute atomic E-state index is 0.0814. The first-order valence-electron chi connectivity index (χ1n) is 7.03. The van der Waals surface area contributed by atoms with Gasteiger partial charge in [0.1, 0.15) is 6.33 Å². The quantitative estimate of drug-likeness (QED) is 0.799. The van der Waals surface area contributed by atoms with E-state index in [4.69, 9.17) is 0 Å². The number of thioether (sulfide) groups is 1. The maximum atomic E-state index is 12.2. The molecule has 0 saturated heterocycles. The van der Waals surface area contributed by atoms with Gasteiger partial charge in [0.05, 0.1) is 0 Å². The molecule has 0 aliphatic heterocycles. The zero-order chi connectivity index (χ0) is 15.1. The van der Waals surface area contributed by atoms with E-state index in [9.17, 15) is 4.79 Å². The number of nitrogens with zero attached hydrogens (tertiary/aromatic N) is 3. The van der Waals surface area contributed by atoms with E-state index in [0.717, 1.165) is 41.4 Å². The molecule has 1 aromatic heterocycles. The number of benzene rings is 1. The van der Waals surface area contributed by atoms with Crippen molar-refractivity contribution in [3.8, 4) is 0 Å². The Morgan fingerprint density at radius 2 is 2.10 bits per heavy atom. The summed E-state index contributed by atoms with van der Waals surface area (Å²) in [5.41, 5.74) is 1.89. The van der Waals surface area contributed by atoms with Crippen LogP contribution in [0.1, 0.15) is 35.7 Å². The van der Waals surface area contributed by atoms with Crippen LogP contribution in [-0.4, -0.2) is 39.6 Å². The van der Waals surface area contributed by atoms with Gasteiger partial charge in [0.15, 0.2) is 5.16 Å². The lowest BCUT2D eigenvalue weighted by Crippen LogP contribution is -2.27. The van der Waals surface area contributed by atoms with E-state index in [2.05, 4.69) is 22.1 Å². The summed E-state index contributed by atoms with van der Waals surface area (Å²) in [6, 6.07) is 7.76. The lowest BCUT2D eigenvalue weighted by Gasteiger charge is -2.16. The smallest absolute Gasteiger partial charge is 0.253 e. The van der Waals surface area contributed by atoms with Gasteiger partial charge < -0.3 is 4.90 Å². The van der Waals surface area contributed by atoms with Crippen molar-refractivity contribution in [2.45, 2.75) is 30.7 Å². The monoisotopic (exact) mass is 304 g/mol. The highest BCUT2D eigenvalue weighted by molar-refractivity contribution is 7.98. The van der Waals surface area contributed by atoms with Crippen molar-refractivity contribution in [1.29, 1.82) is 0 Å². The van der Waals surface area contributed by atoms with Gasteiger partial charge in [-0.3, -0.25) is 9.89 Å². The van der Waals surface area contributed by atoms with Gasteiger partial charge in [-0.05, 0) is 24.1 Å². The highest BCUT2D eigenvalue weighted by Crippen LogP contribution is 2.18. The van der Waals surface area contributed by atoms with Crippen LogP contribution in [0.5, 0.6) is 0 Å². The number of carbonyl (C=O) groups is 1. The molecule has 0 bridgehead atoms. The molecule has 5 nitrogen and oxygen atoms in total. The summed E-state index contributed by atoms with van der Waals surface area (Å²) in [5.74, 6) is 0.882. The molecule has 6 heteroatoms. The molecule has 0 unspecified atom stereocenters. The Bertz CT molecular complexity index is 554. The zero-order valence-corrected chi connectivity index (χ0v) is 13.2. The average molecular weight is 304 g/mol. The normalized spacial score (nSPS) is 10.6. The van der Waals surface area contributed by atoms with Crippen LogP contribution in [0.25, 0.3) is 0 Å². The van der Waals surface area contributed by atoms with E-state index in [1.54, 1.807) is 16.7 Å². The Kier molecular flexibility index (Phi) is 5.80. The van der Waals surface area contributed by atoms with Crippen LogP contribution in [-0.2, 0) is 5.75 Å². The van der Waals surface area contributed by atoms with Gasteiger partial charge in [0.2, 0.25) is 0 Å². The van der Waals surface area contributed by atoms with E-state index >= 15 is 0 Å². The molecular formula is C15H20N4OS. The standard InChI is InChI=1S/C15H20N4OS/c1-3-4-9-19(2)14(20)13-7-5-12(6-8-13)10-21-15-16-11-17-18-15/h5-8,11H,3-4,9-10H2,1-2H3,(H,16,17,18). The van der Waals surface area contributed by atoms with Crippen molar-refractivity contribution in [3.05, 3.63) is 41.7 Å². The van der Waals surface area contributed by atoms with Crippen molar-refractivity contribution in [2.75, 3.05) is 13.6 Å². The second-order valence-corrected chi connectivity index (χ2v) is 5.82. The van der Waals surface area contributed by atoms with Crippen molar-refractivity contribution >= 4 is 17.7 Å². The third-order valence-electron chi connectivity index (χ3n) is 3.16. The molecule has 2 rings (SSSR count). The Morgan fingerprint density at radius 3 is 2.71 bits per heavy atom. The van der Waals surface area contributed by atoms with Crippen LogP contribution in [0, 0.1) is 0 Å². The van der Waals surface area contributed by atoms with Gasteiger partial charge in [0, 0.05) is 24.9 Å². The van der Waals surface area contributed by atoms with Gasteiger partial charge in [-0.25, -0.2) is 4.98 Å². The summed E-state index contributed by atoms with van der Waals surface area (Å²) in [6.07, 6.45) is 3.62. The second-order valence-electron chi connectivity index (χ2n) is 4.86. The fourth-order valence-corrected chi connectivity index (χ4v) is 2.61. The third kappa shape index (κ3) is 4.60. The SMILES string of the molecule is CCCCN(C)C(=O)c1ccc(CSc2ncn[nH]2)cc1. The highest BCUT2D eigenvalue weighted by Gasteiger charge is 2.10. The Morgan fingerprint density at radius 1 is 1.33 bits per heavy atom. The lowest BCUT2D eigenvalue weighted by molar-refractivity contribution is 0.0793. The maximum absolute atomic E-state index is 12.2. The van der Waals surface area contributed by atoms with E-state index in [1.165, 1.54) is 6.33 Å². The predicted octanol–water partition coefficient (Wildman–Crippen LogP) is 2.97. The van der Waals surface area contributed by atoms with E-state index < -0.39 is 0 Å². The molecule has 1 N–H and O–H groups in total. The molecule has 0 aliphatic carbocycles. The summed E-state index contributed by atoms with van der Waals surface area (Å²) in [5, 5.41) is 7.42. The molecule has 112 valence electrons. The van der Waals surface area contributed by atoms with Crippen LogP contribution in [0.4, 0.5) is 0 Å². The lowest BCUT2D eigenvalue weighted by atomic mass is 10.1. The molecule has 21 heavy (non-hydrogen) atoms. The van der Waals surface area contributed by atoms with Gasteiger partial charge in [0.25, 0.3) is 5.91 Å².